The number of esters is 1. The van der Waals surface area contributed by atoms with Gasteiger partial charge in [0.1, 0.15) is 11.4 Å². The molecule has 2 atom stereocenters. The fourth-order valence-electron chi connectivity index (χ4n) is 3.46. The highest BCUT2D eigenvalue weighted by Crippen LogP contribution is 2.33. The van der Waals surface area contributed by atoms with Crippen molar-refractivity contribution in [2.24, 2.45) is 5.92 Å². The van der Waals surface area contributed by atoms with E-state index in [-0.39, 0.29) is 17.8 Å². The largest absolute Gasteiger partial charge is 0.497 e. The van der Waals surface area contributed by atoms with Crippen LogP contribution in [0.2, 0.25) is 0 Å². The molecule has 31 heavy (non-hydrogen) atoms. The molecule has 1 amide bonds. The minimum Gasteiger partial charge on any atom is -0.497 e. The molecule has 0 aliphatic carbocycles. The number of rotatable bonds is 6. The molecule has 2 aromatic rings. The van der Waals surface area contributed by atoms with Gasteiger partial charge in [0.2, 0.25) is 0 Å². The number of ether oxygens (including phenoxy) is 3. The predicted octanol–water partition coefficient (Wildman–Crippen LogP) is 5.30. The minimum atomic E-state index is -0.639. The maximum atomic E-state index is 13.0. The summed E-state index contributed by atoms with van der Waals surface area (Å²) in [4.78, 5) is 26.2. The van der Waals surface area contributed by atoms with E-state index in [1.54, 1.807) is 37.6 Å². The maximum Gasteiger partial charge on any atom is 0.418 e. The van der Waals surface area contributed by atoms with E-state index in [1.807, 2.05) is 57.2 Å². The van der Waals surface area contributed by atoms with Crippen molar-refractivity contribution in [3.05, 3.63) is 72.4 Å². The first-order valence-corrected chi connectivity index (χ1v) is 10.3. The van der Waals surface area contributed by atoms with Crippen LogP contribution < -0.4 is 9.64 Å². The molecule has 164 valence electrons. The van der Waals surface area contributed by atoms with Crippen molar-refractivity contribution in [3.63, 3.8) is 0 Å². The lowest BCUT2D eigenvalue weighted by molar-refractivity contribution is -0.137. The Bertz CT molecular complexity index is 915. The number of nitrogens with zero attached hydrogens (tertiary/aromatic N) is 1. The lowest BCUT2D eigenvalue weighted by atomic mass is 9.85. The molecule has 1 aliphatic rings. The number of methoxy groups -OCH3 is 1. The second kappa shape index (κ2) is 9.69. The Balaban J connectivity index is 1.94. The van der Waals surface area contributed by atoms with Crippen LogP contribution in [-0.2, 0) is 14.3 Å². The third-order valence-electron chi connectivity index (χ3n) is 4.96. The average Bonchev–Trinajstić information content (AvgIpc) is 3.16. The van der Waals surface area contributed by atoms with Gasteiger partial charge in [0.05, 0.1) is 25.8 Å². The van der Waals surface area contributed by atoms with Gasteiger partial charge in [0.25, 0.3) is 0 Å². The summed E-state index contributed by atoms with van der Waals surface area (Å²) in [7, 11) is 1.59. The third kappa shape index (κ3) is 6.10. The van der Waals surface area contributed by atoms with Crippen molar-refractivity contribution in [1.82, 2.24) is 0 Å². The Morgan fingerprint density at radius 1 is 1.13 bits per heavy atom. The monoisotopic (exact) mass is 423 g/mol. The molecule has 6 nitrogen and oxygen atoms in total. The Morgan fingerprint density at radius 2 is 1.81 bits per heavy atom. The lowest BCUT2D eigenvalue weighted by Gasteiger charge is -2.26. The van der Waals surface area contributed by atoms with Gasteiger partial charge in [-0.05, 0) is 50.6 Å². The molecule has 1 fully saturated rings. The second-order valence-corrected chi connectivity index (χ2v) is 8.47. The van der Waals surface area contributed by atoms with Crippen LogP contribution in [0, 0.1) is 5.92 Å². The standard InChI is InChI=1S/C25H29NO5/c1-25(2,3)31-24(28)26(20-10-12-21(29-4)13-11-20)15-14-22(18-8-6-5-7-9-18)19-16-23(27)30-17-19/h5-15,19,22H,16-17H2,1-4H3/b15-14-/t19?,22-/m1/s1. The van der Waals surface area contributed by atoms with Gasteiger partial charge in [-0.15, -0.1) is 0 Å². The van der Waals surface area contributed by atoms with Gasteiger partial charge in [-0.3, -0.25) is 9.69 Å². The fraction of sp³-hybridized carbons (Fsp3) is 0.360. The molecule has 2 aromatic carbocycles. The molecular formula is C25H29NO5. The number of amides is 1. The van der Waals surface area contributed by atoms with E-state index in [2.05, 4.69) is 0 Å². The van der Waals surface area contributed by atoms with Gasteiger partial charge in [-0.1, -0.05) is 36.4 Å². The first-order chi connectivity index (χ1) is 14.8. The van der Waals surface area contributed by atoms with Crippen LogP contribution >= 0.6 is 0 Å². The number of hydrogen-bond donors (Lipinski definition) is 0. The Morgan fingerprint density at radius 3 is 2.35 bits per heavy atom. The number of cyclic esters (lactones) is 1. The molecule has 1 saturated heterocycles. The summed E-state index contributed by atoms with van der Waals surface area (Å²) < 4.78 is 16.0. The van der Waals surface area contributed by atoms with Crippen molar-refractivity contribution < 1.29 is 23.8 Å². The molecule has 6 heteroatoms. The quantitative estimate of drug-likeness (QED) is 0.590. The van der Waals surface area contributed by atoms with E-state index in [0.717, 1.165) is 5.56 Å². The van der Waals surface area contributed by atoms with Crippen molar-refractivity contribution in [2.75, 3.05) is 18.6 Å². The number of allylic oxidation sites excluding steroid dienone is 1. The molecular weight excluding hydrogens is 394 g/mol. The average molecular weight is 424 g/mol. The van der Waals surface area contributed by atoms with E-state index >= 15 is 0 Å². The summed E-state index contributed by atoms with van der Waals surface area (Å²) in [5, 5.41) is 0. The SMILES string of the molecule is COc1ccc(N(/C=C\[C@H](c2ccccc2)C2COC(=O)C2)C(=O)OC(C)(C)C)cc1. The zero-order valence-electron chi connectivity index (χ0n) is 18.4. The van der Waals surface area contributed by atoms with Crippen LogP contribution in [0.3, 0.4) is 0 Å². The summed E-state index contributed by atoms with van der Waals surface area (Å²) >= 11 is 0. The number of carbonyl (C=O) groups excluding carboxylic acids is 2. The van der Waals surface area contributed by atoms with E-state index < -0.39 is 11.7 Å². The van der Waals surface area contributed by atoms with Crippen LogP contribution in [0.4, 0.5) is 10.5 Å². The highest BCUT2D eigenvalue weighted by Gasteiger charge is 2.31. The highest BCUT2D eigenvalue weighted by atomic mass is 16.6. The zero-order chi connectivity index (χ0) is 22.4. The Labute approximate surface area is 183 Å². The normalized spacial score (nSPS) is 17.3. The smallest absolute Gasteiger partial charge is 0.418 e. The first kappa shape index (κ1) is 22.4. The predicted molar refractivity (Wildman–Crippen MR) is 119 cm³/mol. The number of hydrogen-bond acceptors (Lipinski definition) is 5. The molecule has 1 aliphatic heterocycles. The molecule has 1 heterocycles. The van der Waals surface area contributed by atoms with Crippen LogP contribution in [0.15, 0.2) is 66.9 Å². The van der Waals surface area contributed by atoms with E-state index in [0.29, 0.717) is 24.5 Å². The minimum absolute atomic E-state index is 0.00232. The Kier molecular flexibility index (Phi) is 7.00. The lowest BCUT2D eigenvalue weighted by Crippen LogP contribution is -2.33. The third-order valence-corrected chi connectivity index (χ3v) is 4.96. The summed E-state index contributed by atoms with van der Waals surface area (Å²) in [6.45, 7) is 5.84. The van der Waals surface area contributed by atoms with Gasteiger partial charge in [0.15, 0.2) is 0 Å². The number of anilines is 1. The molecule has 0 radical (unpaired) electrons. The first-order valence-electron chi connectivity index (χ1n) is 10.3. The summed E-state index contributed by atoms with van der Waals surface area (Å²) in [6.07, 6.45) is 3.52. The molecule has 0 N–H and O–H groups in total. The number of benzene rings is 2. The van der Waals surface area contributed by atoms with E-state index in [1.165, 1.54) is 4.90 Å². The van der Waals surface area contributed by atoms with Crippen molar-refractivity contribution in [3.8, 4) is 5.75 Å². The summed E-state index contributed by atoms with van der Waals surface area (Å²) in [5.74, 6) is 0.414. The van der Waals surface area contributed by atoms with Crippen LogP contribution in [0.25, 0.3) is 0 Å². The van der Waals surface area contributed by atoms with Crippen LogP contribution in [-0.4, -0.2) is 31.4 Å². The Hall–Kier alpha value is -3.28. The molecule has 3 rings (SSSR count). The van der Waals surface area contributed by atoms with Gasteiger partial charge in [-0.2, -0.15) is 0 Å². The van der Waals surface area contributed by atoms with Gasteiger partial charge in [0, 0.05) is 18.0 Å². The second-order valence-electron chi connectivity index (χ2n) is 8.47. The topological polar surface area (TPSA) is 65.1 Å². The summed E-state index contributed by atoms with van der Waals surface area (Å²) in [6, 6.07) is 17.1. The van der Waals surface area contributed by atoms with Gasteiger partial charge >= 0.3 is 12.1 Å². The highest BCUT2D eigenvalue weighted by molar-refractivity contribution is 5.90. The van der Waals surface area contributed by atoms with Gasteiger partial charge in [-0.25, -0.2) is 4.79 Å². The zero-order valence-corrected chi connectivity index (χ0v) is 18.4. The fourth-order valence-corrected chi connectivity index (χ4v) is 3.46. The van der Waals surface area contributed by atoms with E-state index in [9.17, 15) is 9.59 Å². The maximum absolute atomic E-state index is 13.0. The van der Waals surface area contributed by atoms with Crippen molar-refractivity contribution in [1.29, 1.82) is 0 Å². The molecule has 0 spiro atoms. The van der Waals surface area contributed by atoms with Crippen molar-refractivity contribution in [2.45, 2.75) is 38.7 Å². The molecule has 0 aromatic heterocycles. The van der Waals surface area contributed by atoms with Crippen LogP contribution in [0.1, 0.15) is 38.7 Å². The summed E-state index contributed by atoms with van der Waals surface area (Å²) in [5.41, 5.74) is 1.07. The van der Waals surface area contributed by atoms with Gasteiger partial charge < -0.3 is 14.2 Å². The molecule has 0 bridgehead atoms. The van der Waals surface area contributed by atoms with E-state index in [4.69, 9.17) is 14.2 Å². The number of carbonyl (C=O) groups is 2. The molecule has 1 unspecified atom stereocenters. The van der Waals surface area contributed by atoms with Crippen molar-refractivity contribution >= 4 is 17.7 Å². The van der Waals surface area contributed by atoms with Crippen LogP contribution in [0.5, 0.6) is 5.75 Å². The molecule has 0 saturated carbocycles.